The van der Waals surface area contributed by atoms with Crippen molar-refractivity contribution in [2.24, 2.45) is 0 Å². The highest BCUT2D eigenvalue weighted by Crippen LogP contribution is 2.31. The molecule has 6 nitrogen and oxygen atoms in total. The fourth-order valence-corrected chi connectivity index (χ4v) is 9.48. The zero-order valence-electron chi connectivity index (χ0n) is 22.1. The lowest BCUT2D eigenvalue weighted by Gasteiger charge is -2.36. The van der Waals surface area contributed by atoms with Gasteiger partial charge in [0.05, 0.1) is 0 Å². The van der Waals surface area contributed by atoms with E-state index in [1.807, 2.05) is 159 Å². The molecule has 0 atom stereocenters. The Labute approximate surface area is 237 Å². The molecule has 202 valence electrons. The number of hydrogen-bond donors (Lipinski definition) is 0. The molecule has 5 rings (SSSR count). The SMILES string of the molecule is CC[Si](Oc1ccccc1)(Oc1ccccc1)O[Si](Oc1ccccc1)(Oc1ccccc1)Oc1ccccc1. The molecule has 0 radical (unpaired) electrons. The van der Waals surface area contributed by atoms with E-state index in [0.29, 0.717) is 34.8 Å². The van der Waals surface area contributed by atoms with E-state index in [9.17, 15) is 0 Å². The lowest BCUT2D eigenvalue weighted by molar-refractivity contribution is 0.116. The van der Waals surface area contributed by atoms with Crippen LogP contribution in [0.3, 0.4) is 0 Å². The Bertz CT molecular complexity index is 1280. The molecule has 0 heterocycles. The van der Waals surface area contributed by atoms with Crippen molar-refractivity contribution in [2.45, 2.75) is 13.0 Å². The summed E-state index contributed by atoms with van der Waals surface area (Å²) < 4.78 is 40.0. The number of hydrogen-bond acceptors (Lipinski definition) is 6. The van der Waals surface area contributed by atoms with Crippen molar-refractivity contribution in [3.05, 3.63) is 152 Å². The predicted molar refractivity (Wildman–Crippen MR) is 158 cm³/mol. The van der Waals surface area contributed by atoms with Crippen molar-refractivity contribution in [3.8, 4) is 28.7 Å². The first-order valence-electron chi connectivity index (χ1n) is 13.1. The molecule has 0 aliphatic rings. The van der Waals surface area contributed by atoms with Crippen molar-refractivity contribution < 1.29 is 26.2 Å². The average Bonchev–Trinajstić information content (AvgIpc) is 2.99. The van der Waals surface area contributed by atoms with Crippen molar-refractivity contribution in [2.75, 3.05) is 0 Å². The summed E-state index contributed by atoms with van der Waals surface area (Å²) in [6, 6.07) is 47.3. The molecule has 0 aliphatic carbocycles. The summed E-state index contributed by atoms with van der Waals surface area (Å²) >= 11 is 0. The summed E-state index contributed by atoms with van der Waals surface area (Å²) in [5.74, 6) is 2.79. The molecule has 0 saturated heterocycles. The number of benzene rings is 5. The highest BCUT2D eigenvalue weighted by molar-refractivity contribution is 6.73. The van der Waals surface area contributed by atoms with Gasteiger partial charge in [0.1, 0.15) is 28.7 Å². The zero-order valence-corrected chi connectivity index (χ0v) is 24.1. The minimum absolute atomic E-state index is 0.403. The Morgan fingerprint density at radius 2 is 0.625 bits per heavy atom. The first-order chi connectivity index (χ1) is 19.7. The van der Waals surface area contributed by atoms with Gasteiger partial charge in [-0.1, -0.05) is 97.9 Å². The lowest BCUT2D eigenvalue weighted by atomic mass is 10.3. The van der Waals surface area contributed by atoms with E-state index in [0.717, 1.165) is 0 Å². The van der Waals surface area contributed by atoms with Gasteiger partial charge in [-0.2, -0.15) is 0 Å². The van der Waals surface area contributed by atoms with Gasteiger partial charge in [0, 0.05) is 6.04 Å². The Hall–Kier alpha value is -4.51. The minimum atomic E-state index is -4.17. The van der Waals surface area contributed by atoms with Gasteiger partial charge < -0.3 is 22.1 Å². The van der Waals surface area contributed by atoms with Crippen molar-refractivity contribution in [3.63, 3.8) is 0 Å². The second-order valence-corrected chi connectivity index (χ2v) is 13.6. The molecular weight excluding hydrogens is 537 g/mol. The van der Waals surface area contributed by atoms with Gasteiger partial charge in [0.2, 0.25) is 0 Å². The molecule has 0 aliphatic heterocycles. The monoisotopic (exact) mass is 566 g/mol. The maximum atomic E-state index is 6.96. The largest absolute Gasteiger partial charge is 0.887 e. The van der Waals surface area contributed by atoms with E-state index in [1.165, 1.54) is 0 Å². The molecule has 5 aromatic carbocycles. The standard InChI is InChI=1S/C32H30O6Si2/c1-2-39(33-28-18-8-3-9-19-28,34-29-20-10-4-11-21-29)38-40(35-30-22-12-5-13-23-30,36-31-24-14-6-15-25-31)37-32-26-16-7-17-27-32/h3-27H,2H2,1H3. The first-order valence-corrected chi connectivity index (χ1v) is 16.6. The predicted octanol–water partition coefficient (Wildman–Crippen LogP) is 7.79. The molecule has 0 amide bonds. The number of rotatable bonds is 13. The minimum Gasteiger partial charge on any atom is -0.492 e. The smallest absolute Gasteiger partial charge is 0.492 e. The molecule has 0 bridgehead atoms. The summed E-state index contributed by atoms with van der Waals surface area (Å²) in [7, 11) is -7.83. The van der Waals surface area contributed by atoms with E-state index in [2.05, 4.69) is 0 Å². The average molecular weight is 567 g/mol. The van der Waals surface area contributed by atoms with Crippen LogP contribution in [0.5, 0.6) is 28.7 Å². The summed E-state index contributed by atoms with van der Waals surface area (Å²) in [5, 5.41) is 0. The summed E-state index contributed by atoms with van der Waals surface area (Å²) in [5.41, 5.74) is 0. The van der Waals surface area contributed by atoms with Crippen LogP contribution in [0.15, 0.2) is 152 Å². The van der Waals surface area contributed by atoms with Crippen molar-refractivity contribution >= 4 is 17.9 Å². The topological polar surface area (TPSA) is 55.4 Å². The second-order valence-electron chi connectivity index (χ2n) is 8.71. The highest BCUT2D eigenvalue weighted by atomic mass is 28.5. The van der Waals surface area contributed by atoms with Gasteiger partial charge in [0.15, 0.2) is 0 Å². The van der Waals surface area contributed by atoms with Gasteiger partial charge in [-0.05, 0) is 60.7 Å². The first kappa shape index (κ1) is 27.1. The maximum Gasteiger partial charge on any atom is 0.887 e. The van der Waals surface area contributed by atoms with Crippen LogP contribution in [0.4, 0.5) is 0 Å². The van der Waals surface area contributed by atoms with Crippen LogP contribution in [0.25, 0.3) is 0 Å². The van der Waals surface area contributed by atoms with Gasteiger partial charge >= 0.3 is 17.9 Å². The molecule has 0 unspecified atom stereocenters. The molecular formula is C32H30O6Si2. The van der Waals surface area contributed by atoms with Gasteiger partial charge in [-0.25, -0.2) is 0 Å². The third-order valence-electron chi connectivity index (χ3n) is 5.70. The Morgan fingerprint density at radius 3 is 0.875 bits per heavy atom. The Morgan fingerprint density at radius 1 is 0.375 bits per heavy atom. The summed E-state index contributed by atoms with van der Waals surface area (Å²) in [4.78, 5) is 0. The lowest BCUT2D eigenvalue weighted by Crippen LogP contribution is -2.67. The van der Waals surface area contributed by atoms with Crippen LogP contribution in [0.2, 0.25) is 6.04 Å². The van der Waals surface area contributed by atoms with Crippen molar-refractivity contribution in [1.29, 1.82) is 0 Å². The van der Waals surface area contributed by atoms with E-state index in [-0.39, 0.29) is 0 Å². The van der Waals surface area contributed by atoms with Crippen LogP contribution in [0, 0.1) is 0 Å². The molecule has 0 aromatic heterocycles. The quantitative estimate of drug-likeness (QED) is 0.136. The van der Waals surface area contributed by atoms with E-state index in [1.54, 1.807) is 0 Å². The fraction of sp³-hybridized carbons (Fsp3) is 0.0625. The second kappa shape index (κ2) is 13.0. The van der Waals surface area contributed by atoms with Crippen LogP contribution in [0.1, 0.15) is 6.92 Å². The third-order valence-corrected chi connectivity index (χ3v) is 11.4. The van der Waals surface area contributed by atoms with Crippen molar-refractivity contribution in [1.82, 2.24) is 0 Å². The normalized spacial score (nSPS) is 11.3. The molecule has 0 spiro atoms. The van der Waals surface area contributed by atoms with E-state index < -0.39 is 17.9 Å². The van der Waals surface area contributed by atoms with Crippen LogP contribution in [-0.4, -0.2) is 17.9 Å². The molecule has 5 aromatic rings. The molecule has 8 heteroatoms. The summed E-state index contributed by atoms with van der Waals surface area (Å²) in [6.07, 6.45) is 0. The zero-order chi connectivity index (χ0) is 27.5. The third kappa shape index (κ3) is 7.32. The Balaban J connectivity index is 1.63. The highest BCUT2D eigenvalue weighted by Gasteiger charge is 2.65. The van der Waals surface area contributed by atoms with Crippen LogP contribution < -0.4 is 22.1 Å². The van der Waals surface area contributed by atoms with E-state index >= 15 is 0 Å². The number of para-hydroxylation sites is 5. The van der Waals surface area contributed by atoms with Gasteiger partial charge in [-0.3, -0.25) is 4.12 Å². The molecule has 0 fully saturated rings. The molecule has 40 heavy (non-hydrogen) atoms. The van der Waals surface area contributed by atoms with Gasteiger partial charge in [0.25, 0.3) is 0 Å². The summed E-state index contributed by atoms with van der Waals surface area (Å²) in [6.45, 7) is 1.96. The Kier molecular flexibility index (Phi) is 8.82. The molecule has 0 N–H and O–H groups in total. The van der Waals surface area contributed by atoms with Crippen LogP contribution in [-0.2, 0) is 4.12 Å². The molecule has 0 saturated carbocycles. The van der Waals surface area contributed by atoms with E-state index in [4.69, 9.17) is 26.2 Å². The maximum absolute atomic E-state index is 6.96. The fourth-order valence-electron chi connectivity index (χ4n) is 3.83. The van der Waals surface area contributed by atoms with Gasteiger partial charge in [-0.15, -0.1) is 0 Å². The van der Waals surface area contributed by atoms with Crippen LogP contribution >= 0.6 is 0 Å².